The Morgan fingerprint density at radius 2 is 2.18 bits per heavy atom. The topological polar surface area (TPSA) is 39.1 Å². The first-order chi connectivity index (χ1) is 8.25. The largest absolute Gasteiger partial charge is 0.302 e. The van der Waals surface area contributed by atoms with E-state index in [4.69, 9.17) is 0 Å². The van der Waals surface area contributed by atoms with Crippen molar-refractivity contribution in [2.45, 2.75) is 57.0 Å². The number of nitriles is 1. The molecular weight excluding hydrogens is 210 g/mol. The predicted octanol–water partition coefficient (Wildman–Crippen LogP) is 2.14. The number of hydrogen-bond donors (Lipinski definition) is 1. The van der Waals surface area contributed by atoms with E-state index in [2.05, 4.69) is 23.2 Å². The Labute approximate surface area is 105 Å². The van der Waals surface area contributed by atoms with E-state index >= 15 is 0 Å². The Morgan fingerprint density at radius 1 is 1.41 bits per heavy atom. The van der Waals surface area contributed by atoms with Crippen molar-refractivity contribution in [1.29, 1.82) is 5.26 Å². The lowest BCUT2D eigenvalue weighted by Gasteiger charge is -2.30. The highest BCUT2D eigenvalue weighted by atomic mass is 15.2. The molecule has 0 heterocycles. The summed E-state index contributed by atoms with van der Waals surface area (Å²) in [4.78, 5) is 2.59. The zero-order valence-corrected chi connectivity index (χ0v) is 11.2. The van der Waals surface area contributed by atoms with Crippen LogP contribution in [0, 0.1) is 17.2 Å². The molecule has 96 valence electrons. The fourth-order valence-electron chi connectivity index (χ4n) is 3.36. The van der Waals surface area contributed by atoms with E-state index in [-0.39, 0.29) is 5.54 Å². The Bertz CT molecular complexity index is 292. The van der Waals surface area contributed by atoms with Gasteiger partial charge in [0.15, 0.2) is 0 Å². The minimum absolute atomic E-state index is 0.233. The third-order valence-electron chi connectivity index (χ3n) is 4.70. The lowest BCUT2D eigenvalue weighted by atomic mass is 9.86. The first kappa shape index (κ1) is 12.9. The van der Waals surface area contributed by atoms with Gasteiger partial charge in [-0.05, 0) is 58.2 Å². The summed E-state index contributed by atoms with van der Waals surface area (Å²) >= 11 is 0. The van der Waals surface area contributed by atoms with Crippen molar-refractivity contribution in [3.8, 4) is 6.07 Å². The van der Waals surface area contributed by atoms with Crippen molar-refractivity contribution in [1.82, 2.24) is 10.2 Å². The standard InChI is InChI=1S/C14H25N3/c1-3-17(13-6-7-13)10-8-12-5-4-9-14(12,11-15)16-2/h12-13,16H,3-10H2,1-2H3. The lowest BCUT2D eigenvalue weighted by Crippen LogP contribution is -2.45. The Hall–Kier alpha value is -0.590. The van der Waals surface area contributed by atoms with Gasteiger partial charge in [-0.25, -0.2) is 0 Å². The van der Waals surface area contributed by atoms with Crippen LogP contribution in [-0.2, 0) is 0 Å². The minimum atomic E-state index is -0.233. The van der Waals surface area contributed by atoms with Crippen molar-refractivity contribution in [3.05, 3.63) is 0 Å². The summed E-state index contributed by atoms with van der Waals surface area (Å²) in [5.74, 6) is 0.547. The molecule has 0 aromatic heterocycles. The summed E-state index contributed by atoms with van der Waals surface area (Å²) in [6.45, 7) is 4.59. The van der Waals surface area contributed by atoms with E-state index in [0.29, 0.717) is 5.92 Å². The van der Waals surface area contributed by atoms with Crippen molar-refractivity contribution in [3.63, 3.8) is 0 Å². The molecule has 17 heavy (non-hydrogen) atoms. The van der Waals surface area contributed by atoms with Gasteiger partial charge < -0.3 is 10.2 Å². The molecule has 0 spiro atoms. The molecule has 3 heteroatoms. The van der Waals surface area contributed by atoms with Crippen molar-refractivity contribution in [2.75, 3.05) is 20.1 Å². The normalized spacial score (nSPS) is 32.9. The molecule has 1 N–H and O–H groups in total. The summed E-state index contributed by atoms with van der Waals surface area (Å²) in [5, 5.41) is 12.7. The summed E-state index contributed by atoms with van der Waals surface area (Å²) in [7, 11) is 1.94. The average molecular weight is 235 g/mol. The number of hydrogen-bond acceptors (Lipinski definition) is 3. The molecule has 0 saturated heterocycles. The fraction of sp³-hybridized carbons (Fsp3) is 0.929. The maximum Gasteiger partial charge on any atom is 0.109 e. The second-order valence-corrected chi connectivity index (χ2v) is 5.57. The van der Waals surface area contributed by atoms with Crippen LogP contribution in [0.1, 0.15) is 45.4 Å². The quantitative estimate of drug-likeness (QED) is 0.766. The maximum absolute atomic E-state index is 9.40. The van der Waals surface area contributed by atoms with Crippen LogP contribution < -0.4 is 5.32 Å². The van der Waals surface area contributed by atoms with E-state index in [1.807, 2.05) is 7.05 Å². The van der Waals surface area contributed by atoms with Gasteiger partial charge in [-0.2, -0.15) is 5.26 Å². The fourth-order valence-corrected chi connectivity index (χ4v) is 3.36. The van der Waals surface area contributed by atoms with Crippen LogP contribution in [0.15, 0.2) is 0 Å². The zero-order chi connectivity index (χ0) is 12.3. The number of nitrogens with zero attached hydrogens (tertiary/aromatic N) is 2. The highest BCUT2D eigenvalue weighted by Crippen LogP contribution is 2.38. The Morgan fingerprint density at radius 3 is 2.71 bits per heavy atom. The van der Waals surface area contributed by atoms with Gasteiger partial charge in [0.25, 0.3) is 0 Å². The van der Waals surface area contributed by atoms with Gasteiger partial charge in [0.2, 0.25) is 0 Å². The molecule has 2 aliphatic carbocycles. The second-order valence-electron chi connectivity index (χ2n) is 5.57. The third-order valence-corrected chi connectivity index (χ3v) is 4.70. The van der Waals surface area contributed by atoms with Crippen LogP contribution in [0.4, 0.5) is 0 Å². The average Bonchev–Trinajstić information content (AvgIpc) is 3.11. The van der Waals surface area contributed by atoms with Crippen molar-refractivity contribution < 1.29 is 0 Å². The summed E-state index contributed by atoms with van der Waals surface area (Å²) in [6.07, 6.45) is 7.39. The van der Waals surface area contributed by atoms with Gasteiger partial charge in [-0.3, -0.25) is 0 Å². The summed E-state index contributed by atoms with van der Waals surface area (Å²) in [5.41, 5.74) is -0.233. The molecule has 3 nitrogen and oxygen atoms in total. The second kappa shape index (κ2) is 5.37. The van der Waals surface area contributed by atoms with Gasteiger partial charge in [0.1, 0.15) is 5.54 Å². The van der Waals surface area contributed by atoms with E-state index < -0.39 is 0 Å². The Balaban J connectivity index is 1.87. The van der Waals surface area contributed by atoms with Crippen molar-refractivity contribution >= 4 is 0 Å². The van der Waals surface area contributed by atoms with Crippen LogP contribution in [0.5, 0.6) is 0 Å². The molecule has 2 fully saturated rings. The lowest BCUT2D eigenvalue weighted by molar-refractivity contribution is 0.227. The highest BCUT2D eigenvalue weighted by Gasteiger charge is 2.42. The van der Waals surface area contributed by atoms with Crippen LogP contribution in [0.2, 0.25) is 0 Å². The molecule has 2 unspecified atom stereocenters. The molecule has 0 amide bonds. The molecule has 0 aromatic carbocycles. The molecule has 0 aromatic rings. The maximum atomic E-state index is 9.40. The summed E-state index contributed by atoms with van der Waals surface area (Å²) < 4.78 is 0. The monoisotopic (exact) mass is 235 g/mol. The molecule has 2 aliphatic rings. The number of nitrogens with one attached hydrogen (secondary N) is 1. The van der Waals surface area contributed by atoms with Gasteiger partial charge in [0, 0.05) is 6.04 Å². The van der Waals surface area contributed by atoms with Gasteiger partial charge >= 0.3 is 0 Å². The molecule has 0 aliphatic heterocycles. The SMILES string of the molecule is CCN(CCC1CCCC1(C#N)NC)C1CC1. The molecule has 2 rings (SSSR count). The van der Waals surface area contributed by atoms with Crippen LogP contribution in [0.3, 0.4) is 0 Å². The van der Waals surface area contributed by atoms with E-state index in [1.165, 1.54) is 38.6 Å². The zero-order valence-electron chi connectivity index (χ0n) is 11.2. The first-order valence-electron chi connectivity index (χ1n) is 7.10. The Kier molecular flexibility index (Phi) is 4.06. The first-order valence-corrected chi connectivity index (χ1v) is 7.10. The van der Waals surface area contributed by atoms with Crippen molar-refractivity contribution in [2.24, 2.45) is 5.92 Å². The molecule has 2 atom stereocenters. The van der Waals surface area contributed by atoms with E-state index in [9.17, 15) is 5.26 Å². The van der Waals surface area contributed by atoms with Crippen LogP contribution in [-0.4, -0.2) is 36.6 Å². The summed E-state index contributed by atoms with van der Waals surface area (Å²) in [6, 6.07) is 3.39. The third kappa shape index (κ3) is 2.64. The van der Waals surface area contributed by atoms with Gasteiger partial charge in [0.05, 0.1) is 6.07 Å². The smallest absolute Gasteiger partial charge is 0.109 e. The van der Waals surface area contributed by atoms with Gasteiger partial charge in [-0.1, -0.05) is 13.3 Å². The van der Waals surface area contributed by atoms with Gasteiger partial charge in [-0.15, -0.1) is 0 Å². The van der Waals surface area contributed by atoms with E-state index in [1.54, 1.807) is 0 Å². The van der Waals surface area contributed by atoms with Crippen LogP contribution in [0.25, 0.3) is 0 Å². The minimum Gasteiger partial charge on any atom is -0.302 e. The molecular formula is C14H25N3. The predicted molar refractivity (Wildman–Crippen MR) is 69.6 cm³/mol. The molecule has 2 saturated carbocycles. The van der Waals surface area contributed by atoms with E-state index in [0.717, 1.165) is 19.0 Å². The van der Waals surface area contributed by atoms with Crippen LogP contribution >= 0.6 is 0 Å². The highest BCUT2D eigenvalue weighted by molar-refractivity contribution is 5.13. The molecule has 0 radical (unpaired) electrons. The molecule has 0 bridgehead atoms. The number of rotatable bonds is 6.